The number of pyridine rings is 3. The summed E-state index contributed by atoms with van der Waals surface area (Å²) in [7, 11) is 3.20. The van der Waals surface area contributed by atoms with Gasteiger partial charge in [-0.25, -0.2) is 9.97 Å². The molecule has 30 heavy (non-hydrogen) atoms. The molecule has 8 nitrogen and oxygen atoms in total. The quantitative estimate of drug-likeness (QED) is 0.500. The lowest BCUT2D eigenvalue weighted by molar-refractivity contribution is -0.111. The fourth-order valence-corrected chi connectivity index (χ4v) is 3.23. The first-order valence-electron chi connectivity index (χ1n) is 9.12. The van der Waals surface area contributed by atoms with Crippen molar-refractivity contribution in [1.29, 1.82) is 0 Å². The maximum atomic E-state index is 12.3. The van der Waals surface area contributed by atoms with Crippen molar-refractivity contribution in [2.75, 3.05) is 12.4 Å². The molecule has 0 saturated carbocycles. The molecule has 4 aromatic heterocycles. The van der Waals surface area contributed by atoms with Gasteiger partial charge in [-0.3, -0.25) is 9.59 Å². The molecule has 0 radical (unpaired) electrons. The van der Waals surface area contributed by atoms with Crippen LogP contribution in [0.1, 0.15) is 0 Å². The van der Waals surface area contributed by atoms with Gasteiger partial charge in [-0.05, 0) is 29.8 Å². The lowest BCUT2D eigenvalue weighted by atomic mass is 10.0. The summed E-state index contributed by atoms with van der Waals surface area (Å²) < 4.78 is 6.65. The van der Waals surface area contributed by atoms with E-state index in [0.29, 0.717) is 5.88 Å². The summed E-state index contributed by atoms with van der Waals surface area (Å²) in [5.41, 5.74) is 4.02. The third-order valence-corrected chi connectivity index (χ3v) is 4.75. The molecule has 4 aromatic rings. The van der Waals surface area contributed by atoms with Crippen LogP contribution in [0.5, 0.6) is 5.88 Å². The Kier molecular flexibility index (Phi) is 4.89. The number of methoxy groups -OCH3 is 1. The van der Waals surface area contributed by atoms with Gasteiger partial charge in [0.1, 0.15) is 11.3 Å². The molecule has 0 aliphatic carbocycles. The number of aryl methyl sites for hydroxylation is 1. The van der Waals surface area contributed by atoms with E-state index in [1.807, 2.05) is 24.4 Å². The molecule has 8 heteroatoms. The molecule has 0 saturated heterocycles. The molecule has 0 bridgehead atoms. The number of amides is 1. The van der Waals surface area contributed by atoms with E-state index >= 15 is 0 Å². The van der Waals surface area contributed by atoms with Crippen LogP contribution < -0.4 is 15.6 Å². The molecule has 150 valence electrons. The molecule has 0 fully saturated rings. The number of nitrogens with one attached hydrogen (secondary N) is 2. The highest BCUT2D eigenvalue weighted by Gasteiger charge is 2.13. The van der Waals surface area contributed by atoms with E-state index < -0.39 is 5.91 Å². The molecule has 0 spiro atoms. The van der Waals surface area contributed by atoms with Gasteiger partial charge in [-0.1, -0.05) is 6.58 Å². The Balaban J connectivity index is 1.83. The van der Waals surface area contributed by atoms with Crippen LogP contribution in [0, 0.1) is 0 Å². The standard InChI is InChI=1S/C22H19N5O3/c1-4-19(28)26-18-8-15(12-27(2)22(18)29)14-7-16-17(11-25-21(16)24-10-14)13-5-6-23-20(9-13)30-3/h4-12H,1H2,2-3H3,(H,24,25)(H,26,28). The summed E-state index contributed by atoms with van der Waals surface area (Å²) in [4.78, 5) is 35.9. The Morgan fingerprint density at radius 2 is 2.07 bits per heavy atom. The van der Waals surface area contributed by atoms with Crippen LogP contribution >= 0.6 is 0 Å². The summed E-state index contributed by atoms with van der Waals surface area (Å²) in [6.07, 6.45) is 8.11. The molecule has 0 aliphatic rings. The van der Waals surface area contributed by atoms with E-state index in [9.17, 15) is 9.59 Å². The highest BCUT2D eigenvalue weighted by Crippen LogP contribution is 2.32. The molecule has 4 rings (SSSR count). The van der Waals surface area contributed by atoms with Gasteiger partial charge in [0.05, 0.1) is 7.11 Å². The molecule has 0 unspecified atom stereocenters. The number of fused-ring (bicyclic) bond motifs is 1. The van der Waals surface area contributed by atoms with E-state index in [2.05, 4.69) is 26.8 Å². The van der Waals surface area contributed by atoms with Crippen LogP contribution in [0.3, 0.4) is 0 Å². The predicted octanol–water partition coefficient (Wildman–Crippen LogP) is 3.12. The monoisotopic (exact) mass is 401 g/mol. The minimum absolute atomic E-state index is 0.174. The van der Waals surface area contributed by atoms with Gasteiger partial charge in [0.2, 0.25) is 11.8 Å². The maximum absolute atomic E-state index is 12.3. The van der Waals surface area contributed by atoms with Crippen molar-refractivity contribution in [2.45, 2.75) is 0 Å². The Morgan fingerprint density at radius 1 is 1.23 bits per heavy atom. The number of hydrogen-bond donors (Lipinski definition) is 2. The highest BCUT2D eigenvalue weighted by molar-refractivity contribution is 5.99. The second kappa shape index (κ2) is 7.67. The number of carbonyl (C=O) groups is 1. The van der Waals surface area contributed by atoms with Crippen molar-refractivity contribution >= 4 is 22.6 Å². The van der Waals surface area contributed by atoms with E-state index in [1.54, 1.807) is 38.8 Å². The van der Waals surface area contributed by atoms with Gasteiger partial charge >= 0.3 is 0 Å². The number of rotatable bonds is 5. The SMILES string of the molecule is C=CC(=O)Nc1cc(-c2cnc3[nH]cc(-c4ccnc(OC)c4)c3c2)cn(C)c1=O. The van der Waals surface area contributed by atoms with E-state index in [4.69, 9.17) is 4.74 Å². The molecular weight excluding hydrogens is 382 g/mol. The normalized spacial score (nSPS) is 10.7. The first-order chi connectivity index (χ1) is 14.5. The zero-order valence-corrected chi connectivity index (χ0v) is 16.5. The lowest BCUT2D eigenvalue weighted by Gasteiger charge is -2.09. The van der Waals surface area contributed by atoms with Crippen LogP contribution in [-0.4, -0.2) is 32.5 Å². The third kappa shape index (κ3) is 3.46. The smallest absolute Gasteiger partial charge is 0.274 e. The highest BCUT2D eigenvalue weighted by atomic mass is 16.5. The summed E-state index contributed by atoms with van der Waals surface area (Å²) >= 11 is 0. The Labute approximate surface area is 171 Å². The Morgan fingerprint density at radius 3 is 2.83 bits per heavy atom. The second-order valence-electron chi connectivity index (χ2n) is 6.66. The van der Waals surface area contributed by atoms with Crippen LogP contribution in [0.2, 0.25) is 0 Å². The topological polar surface area (TPSA) is 102 Å². The van der Waals surface area contributed by atoms with E-state index in [0.717, 1.165) is 39.4 Å². The van der Waals surface area contributed by atoms with E-state index in [-0.39, 0.29) is 11.2 Å². The Bertz CT molecular complexity index is 1340. The Hall–Kier alpha value is -4.20. The van der Waals surface area contributed by atoms with Crippen LogP contribution in [0.25, 0.3) is 33.3 Å². The molecule has 0 aliphatic heterocycles. The summed E-state index contributed by atoms with van der Waals surface area (Å²) in [5.74, 6) is 0.0732. The van der Waals surface area contributed by atoms with Crippen molar-refractivity contribution in [3.05, 3.63) is 72.1 Å². The first-order valence-corrected chi connectivity index (χ1v) is 9.12. The molecule has 2 N–H and O–H groups in total. The number of hydrogen-bond acceptors (Lipinski definition) is 5. The molecule has 0 aromatic carbocycles. The third-order valence-electron chi connectivity index (χ3n) is 4.75. The zero-order valence-electron chi connectivity index (χ0n) is 16.5. The number of anilines is 1. The summed E-state index contributed by atoms with van der Waals surface area (Å²) in [6.45, 7) is 3.42. The van der Waals surface area contributed by atoms with Crippen molar-refractivity contribution in [2.24, 2.45) is 7.05 Å². The average molecular weight is 401 g/mol. The van der Waals surface area contributed by atoms with Gasteiger partial charge in [-0.2, -0.15) is 0 Å². The van der Waals surface area contributed by atoms with Gasteiger partial charge < -0.3 is 19.6 Å². The van der Waals surface area contributed by atoms with Gasteiger partial charge in [0.25, 0.3) is 5.56 Å². The molecular formula is C22H19N5O3. The predicted molar refractivity (Wildman–Crippen MR) is 115 cm³/mol. The minimum atomic E-state index is -0.447. The van der Waals surface area contributed by atoms with Crippen molar-refractivity contribution in [3.63, 3.8) is 0 Å². The fourth-order valence-electron chi connectivity index (χ4n) is 3.23. The van der Waals surface area contributed by atoms with Gasteiger partial charge in [0.15, 0.2) is 0 Å². The van der Waals surface area contributed by atoms with Crippen LogP contribution in [0.4, 0.5) is 5.69 Å². The molecule has 4 heterocycles. The van der Waals surface area contributed by atoms with Crippen LogP contribution in [0.15, 0.2) is 66.5 Å². The van der Waals surface area contributed by atoms with Crippen LogP contribution in [-0.2, 0) is 11.8 Å². The average Bonchev–Trinajstić information content (AvgIpc) is 3.20. The lowest BCUT2D eigenvalue weighted by Crippen LogP contribution is -2.23. The van der Waals surface area contributed by atoms with Gasteiger partial charge in [0, 0.05) is 60.0 Å². The second-order valence-corrected chi connectivity index (χ2v) is 6.66. The van der Waals surface area contributed by atoms with Gasteiger partial charge in [-0.15, -0.1) is 0 Å². The maximum Gasteiger partial charge on any atom is 0.274 e. The summed E-state index contributed by atoms with van der Waals surface area (Å²) in [5, 5.41) is 3.46. The fraction of sp³-hybridized carbons (Fsp3) is 0.0909. The number of ether oxygens (including phenoxy) is 1. The number of nitrogens with zero attached hydrogens (tertiary/aromatic N) is 3. The van der Waals surface area contributed by atoms with Crippen molar-refractivity contribution in [3.8, 4) is 28.1 Å². The summed E-state index contributed by atoms with van der Waals surface area (Å²) in [6, 6.07) is 7.37. The molecule has 1 amide bonds. The molecule has 0 atom stereocenters. The number of carbonyl (C=O) groups excluding carboxylic acids is 1. The number of H-pyrrole nitrogens is 1. The number of aromatic amines is 1. The van der Waals surface area contributed by atoms with Crippen molar-refractivity contribution in [1.82, 2.24) is 19.5 Å². The largest absolute Gasteiger partial charge is 0.481 e. The zero-order chi connectivity index (χ0) is 21.3. The van der Waals surface area contributed by atoms with Crippen molar-refractivity contribution < 1.29 is 9.53 Å². The number of aromatic nitrogens is 4. The first kappa shape index (κ1) is 19.1. The van der Waals surface area contributed by atoms with E-state index in [1.165, 1.54) is 4.57 Å². The minimum Gasteiger partial charge on any atom is -0.481 e.